The number of rotatable bonds is 3. The summed E-state index contributed by atoms with van der Waals surface area (Å²) < 4.78 is 0. The van der Waals surface area contributed by atoms with Gasteiger partial charge in [-0.1, -0.05) is 47.6 Å². The average Bonchev–Trinajstić information content (AvgIpc) is 2.55. The summed E-state index contributed by atoms with van der Waals surface area (Å²) in [6.07, 6.45) is 4.85. The summed E-state index contributed by atoms with van der Waals surface area (Å²) in [6.45, 7) is 12.7. The van der Waals surface area contributed by atoms with Crippen molar-refractivity contribution in [1.29, 1.82) is 0 Å². The Balaban J connectivity index is 2.45. The SMILES string of the molecule is CC(C)(C)c1cc(C=NN=C(N)c2ccncc2)c(O)c(C(C)(C)C)c1. The van der Waals surface area contributed by atoms with Gasteiger partial charge < -0.3 is 10.8 Å². The van der Waals surface area contributed by atoms with Gasteiger partial charge >= 0.3 is 0 Å². The molecule has 0 aliphatic carbocycles. The van der Waals surface area contributed by atoms with Crippen molar-refractivity contribution in [2.45, 2.75) is 52.4 Å². The summed E-state index contributed by atoms with van der Waals surface area (Å²) in [4.78, 5) is 3.95. The Labute approximate surface area is 155 Å². The van der Waals surface area contributed by atoms with Gasteiger partial charge in [-0.15, -0.1) is 5.10 Å². The quantitative estimate of drug-likeness (QED) is 0.495. The van der Waals surface area contributed by atoms with Crippen molar-refractivity contribution in [2.75, 3.05) is 0 Å². The van der Waals surface area contributed by atoms with E-state index in [1.54, 1.807) is 30.7 Å². The van der Waals surface area contributed by atoms with Crippen molar-refractivity contribution in [1.82, 2.24) is 4.98 Å². The predicted molar refractivity (Wildman–Crippen MR) is 108 cm³/mol. The fourth-order valence-electron chi connectivity index (χ4n) is 2.49. The zero-order chi connectivity index (χ0) is 19.5. The largest absolute Gasteiger partial charge is 0.507 e. The molecule has 0 aliphatic rings. The zero-order valence-electron chi connectivity index (χ0n) is 16.4. The van der Waals surface area contributed by atoms with E-state index in [1.807, 2.05) is 6.07 Å². The monoisotopic (exact) mass is 352 g/mol. The van der Waals surface area contributed by atoms with Crippen LogP contribution in [0.2, 0.25) is 0 Å². The van der Waals surface area contributed by atoms with E-state index in [0.29, 0.717) is 11.4 Å². The highest BCUT2D eigenvalue weighted by molar-refractivity contribution is 5.97. The molecule has 5 heteroatoms. The third kappa shape index (κ3) is 4.69. The highest BCUT2D eigenvalue weighted by Crippen LogP contribution is 2.37. The van der Waals surface area contributed by atoms with E-state index >= 15 is 0 Å². The van der Waals surface area contributed by atoms with Gasteiger partial charge in [0.2, 0.25) is 0 Å². The van der Waals surface area contributed by atoms with E-state index in [-0.39, 0.29) is 16.6 Å². The Hall–Kier alpha value is -2.69. The molecule has 0 aliphatic heterocycles. The molecule has 1 heterocycles. The number of nitrogens with zero attached hydrogens (tertiary/aromatic N) is 3. The molecule has 0 amide bonds. The second kappa shape index (κ2) is 7.28. The molecule has 0 unspecified atom stereocenters. The minimum absolute atomic E-state index is 0.0460. The van der Waals surface area contributed by atoms with Crippen LogP contribution in [0.1, 0.15) is 63.8 Å². The molecule has 0 bridgehead atoms. The molecule has 0 saturated carbocycles. The number of nitrogens with two attached hydrogens (primary N) is 1. The Bertz CT molecular complexity index is 826. The highest BCUT2D eigenvalue weighted by atomic mass is 16.3. The van der Waals surface area contributed by atoms with Crippen LogP contribution in [0.25, 0.3) is 0 Å². The van der Waals surface area contributed by atoms with Crippen LogP contribution in [0, 0.1) is 0 Å². The Morgan fingerprint density at radius 2 is 1.65 bits per heavy atom. The van der Waals surface area contributed by atoms with Gasteiger partial charge in [-0.3, -0.25) is 4.98 Å². The molecule has 2 rings (SSSR count). The summed E-state index contributed by atoms with van der Waals surface area (Å²) in [6, 6.07) is 7.56. The number of phenolic OH excluding ortho intramolecular Hbond substituents is 1. The van der Waals surface area contributed by atoms with Gasteiger partial charge in [0.05, 0.1) is 6.21 Å². The number of benzene rings is 1. The molecule has 26 heavy (non-hydrogen) atoms. The summed E-state index contributed by atoms with van der Waals surface area (Å²) >= 11 is 0. The first-order valence-electron chi connectivity index (χ1n) is 8.65. The summed E-state index contributed by atoms with van der Waals surface area (Å²) in [7, 11) is 0. The van der Waals surface area contributed by atoms with Crippen LogP contribution in [-0.2, 0) is 10.8 Å². The molecule has 0 saturated heterocycles. The second-order valence-corrected chi connectivity index (χ2v) is 8.43. The number of hydrogen-bond donors (Lipinski definition) is 2. The highest BCUT2D eigenvalue weighted by Gasteiger charge is 2.24. The maximum absolute atomic E-state index is 10.7. The molecular weight excluding hydrogens is 324 g/mol. The molecule has 1 aromatic carbocycles. The number of hydrogen-bond acceptors (Lipinski definition) is 4. The summed E-state index contributed by atoms with van der Waals surface area (Å²) in [5.41, 5.74) is 9.11. The maximum atomic E-state index is 10.7. The molecule has 3 N–H and O–H groups in total. The van der Waals surface area contributed by atoms with E-state index in [9.17, 15) is 5.11 Å². The molecule has 1 aromatic heterocycles. The minimum atomic E-state index is -0.187. The van der Waals surface area contributed by atoms with Gasteiger partial charge in [0.1, 0.15) is 5.75 Å². The van der Waals surface area contributed by atoms with E-state index in [2.05, 4.69) is 62.8 Å². The van der Waals surface area contributed by atoms with Crippen molar-refractivity contribution in [3.05, 3.63) is 58.9 Å². The number of amidine groups is 1. The Kier molecular flexibility index (Phi) is 5.50. The van der Waals surface area contributed by atoms with Crippen LogP contribution in [0.4, 0.5) is 0 Å². The topological polar surface area (TPSA) is 83.9 Å². The minimum Gasteiger partial charge on any atom is -0.507 e. The lowest BCUT2D eigenvalue weighted by atomic mass is 9.79. The number of aromatic nitrogens is 1. The molecule has 0 spiro atoms. The van der Waals surface area contributed by atoms with E-state index in [0.717, 1.165) is 16.7 Å². The van der Waals surface area contributed by atoms with E-state index in [4.69, 9.17) is 5.73 Å². The van der Waals surface area contributed by atoms with Gasteiger partial charge in [0, 0.05) is 29.1 Å². The van der Waals surface area contributed by atoms with Crippen LogP contribution in [0.5, 0.6) is 5.75 Å². The molecule has 138 valence electrons. The first-order valence-corrected chi connectivity index (χ1v) is 8.65. The molecule has 0 atom stereocenters. The first-order chi connectivity index (χ1) is 12.0. The zero-order valence-corrected chi connectivity index (χ0v) is 16.4. The standard InChI is InChI=1S/C21H28N4O/c1-20(2,3)16-11-15(18(26)17(12-16)21(4,5)6)13-24-25-19(22)14-7-9-23-10-8-14/h7-13,26H,1-6H3,(H2,22,25). The van der Waals surface area contributed by atoms with Gasteiger partial charge in [0.25, 0.3) is 0 Å². The third-order valence-electron chi connectivity index (χ3n) is 4.15. The van der Waals surface area contributed by atoms with Gasteiger partial charge in [-0.25, -0.2) is 0 Å². The van der Waals surface area contributed by atoms with Crippen molar-refractivity contribution in [3.8, 4) is 5.75 Å². The molecular formula is C21H28N4O. The van der Waals surface area contributed by atoms with Crippen LogP contribution >= 0.6 is 0 Å². The van der Waals surface area contributed by atoms with Crippen molar-refractivity contribution >= 4 is 12.1 Å². The predicted octanol–water partition coefficient (Wildman–Crippen LogP) is 4.12. The third-order valence-corrected chi connectivity index (χ3v) is 4.15. The lowest BCUT2D eigenvalue weighted by Gasteiger charge is -2.26. The lowest BCUT2D eigenvalue weighted by molar-refractivity contribution is 0.444. The van der Waals surface area contributed by atoms with Gasteiger partial charge in [-0.05, 0) is 34.6 Å². The smallest absolute Gasteiger partial charge is 0.153 e. The van der Waals surface area contributed by atoms with Crippen LogP contribution in [0.15, 0.2) is 46.9 Å². The van der Waals surface area contributed by atoms with Gasteiger partial charge in [0.15, 0.2) is 5.84 Å². The van der Waals surface area contributed by atoms with Crippen LogP contribution in [0.3, 0.4) is 0 Å². The van der Waals surface area contributed by atoms with Crippen LogP contribution in [-0.4, -0.2) is 22.1 Å². The van der Waals surface area contributed by atoms with Crippen molar-refractivity contribution < 1.29 is 5.11 Å². The summed E-state index contributed by atoms with van der Waals surface area (Å²) in [5, 5.41) is 18.8. The maximum Gasteiger partial charge on any atom is 0.153 e. The molecule has 0 radical (unpaired) electrons. The normalized spacial score (nSPS) is 13.4. The Morgan fingerprint density at radius 3 is 2.19 bits per heavy atom. The molecule has 2 aromatic rings. The van der Waals surface area contributed by atoms with E-state index < -0.39 is 0 Å². The number of aromatic hydroxyl groups is 1. The lowest BCUT2D eigenvalue weighted by Crippen LogP contribution is -2.17. The van der Waals surface area contributed by atoms with Crippen molar-refractivity contribution in [2.24, 2.45) is 15.9 Å². The molecule has 0 fully saturated rings. The number of phenols is 1. The first kappa shape index (κ1) is 19.6. The summed E-state index contributed by atoms with van der Waals surface area (Å²) in [5.74, 6) is 0.526. The fraction of sp³-hybridized carbons (Fsp3) is 0.381. The second-order valence-electron chi connectivity index (χ2n) is 8.43. The fourth-order valence-corrected chi connectivity index (χ4v) is 2.49. The molecule has 5 nitrogen and oxygen atoms in total. The average molecular weight is 352 g/mol. The van der Waals surface area contributed by atoms with Crippen molar-refractivity contribution in [3.63, 3.8) is 0 Å². The number of pyridine rings is 1. The van der Waals surface area contributed by atoms with Gasteiger partial charge in [-0.2, -0.15) is 5.10 Å². The van der Waals surface area contributed by atoms with E-state index in [1.165, 1.54) is 0 Å². The Morgan fingerprint density at radius 1 is 1.04 bits per heavy atom. The van der Waals surface area contributed by atoms with Crippen LogP contribution < -0.4 is 5.73 Å².